The molecule has 0 bridgehead atoms. The van der Waals surface area contributed by atoms with Crippen molar-refractivity contribution in [2.75, 3.05) is 0 Å². The highest BCUT2D eigenvalue weighted by molar-refractivity contribution is 6.10. The molecule has 4 rings (SSSR count). The molecular weight excluding hydrogens is 356 g/mol. The Balaban J connectivity index is 1.69. The third-order valence-corrected chi connectivity index (χ3v) is 4.91. The van der Waals surface area contributed by atoms with Crippen LogP contribution in [0, 0.1) is 6.92 Å². The largest absolute Gasteiger partial charge is 0.489 e. The zero-order valence-electron chi connectivity index (χ0n) is 16.3. The van der Waals surface area contributed by atoms with Crippen LogP contribution >= 0.6 is 0 Å². The van der Waals surface area contributed by atoms with E-state index >= 15 is 0 Å². The molecule has 2 heteroatoms. The Morgan fingerprint density at radius 3 is 2.07 bits per heavy atom. The van der Waals surface area contributed by atoms with Crippen LogP contribution in [0.4, 0.5) is 0 Å². The molecule has 0 aliphatic carbocycles. The van der Waals surface area contributed by atoms with E-state index in [1.165, 1.54) is 5.56 Å². The van der Waals surface area contributed by atoms with Crippen molar-refractivity contribution in [3.8, 4) is 16.9 Å². The molecule has 0 saturated carbocycles. The van der Waals surface area contributed by atoms with E-state index in [9.17, 15) is 4.79 Å². The summed E-state index contributed by atoms with van der Waals surface area (Å²) in [5.41, 5.74) is 5.59. The normalized spacial score (nSPS) is 10.5. The standard InChI is InChI=1S/C27H22O2/c1-20-12-15-25(16-13-20)29-19-24-18-23(21-8-4-2-5-9-21)14-17-26(24)27(28)22-10-6-3-7-11-22/h2-18H,19H2,1H3. The average Bonchev–Trinajstić information content (AvgIpc) is 2.79. The lowest BCUT2D eigenvalue weighted by molar-refractivity contribution is 0.103. The minimum atomic E-state index is 0.00715. The molecule has 2 nitrogen and oxygen atoms in total. The number of rotatable bonds is 6. The molecule has 0 heterocycles. The van der Waals surface area contributed by atoms with E-state index in [0.717, 1.165) is 22.4 Å². The van der Waals surface area contributed by atoms with Crippen molar-refractivity contribution in [1.29, 1.82) is 0 Å². The number of hydrogen-bond acceptors (Lipinski definition) is 2. The fraction of sp³-hybridized carbons (Fsp3) is 0.0741. The number of carbonyl (C=O) groups is 1. The summed E-state index contributed by atoms with van der Waals surface area (Å²) in [6.45, 7) is 2.38. The highest BCUT2D eigenvalue weighted by Crippen LogP contribution is 2.25. The van der Waals surface area contributed by atoms with Crippen LogP contribution in [-0.2, 0) is 6.61 Å². The van der Waals surface area contributed by atoms with E-state index in [-0.39, 0.29) is 5.78 Å². The van der Waals surface area contributed by atoms with Gasteiger partial charge in [-0.05, 0) is 36.2 Å². The number of carbonyl (C=O) groups excluding carboxylic acids is 1. The number of hydrogen-bond donors (Lipinski definition) is 0. The summed E-state index contributed by atoms with van der Waals surface area (Å²) in [5.74, 6) is 0.798. The first-order valence-electron chi connectivity index (χ1n) is 9.68. The molecule has 0 aromatic heterocycles. The summed E-state index contributed by atoms with van der Waals surface area (Å²) < 4.78 is 6.01. The molecule has 0 aliphatic rings. The molecule has 0 spiro atoms. The van der Waals surface area contributed by atoms with Gasteiger partial charge in [-0.25, -0.2) is 0 Å². The number of aryl methyl sites for hydroxylation is 1. The van der Waals surface area contributed by atoms with Gasteiger partial charge >= 0.3 is 0 Å². The summed E-state index contributed by atoms with van der Waals surface area (Å²) >= 11 is 0. The van der Waals surface area contributed by atoms with Gasteiger partial charge in [0.05, 0.1) is 0 Å². The topological polar surface area (TPSA) is 26.3 Å². The lowest BCUT2D eigenvalue weighted by Gasteiger charge is -2.13. The minimum Gasteiger partial charge on any atom is -0.489 e. The van der Waals surface area contributed by atoms with Gasteiger partial charge in [0.1, 0.15) is 12.4 Å². The molecule has 29 heavy (non-hydrogen) atoms. The van der Waals surface area contributed by atoms with E-state index in [4.69, 9.17) is 4.74 Å². The smallest absolute Gasteiger partial charge is 0.193 e. The Morgan fingerprint density at radius 1 is 0.724 bits per heavy atom. The first kappa shape index (κ1) is 18.7. The third kappa shape index (κ3) is 4.44. The highest BCUT2D eigenvalue weighted by atomic mass is 16.5. The zero-order chi connectivity index (χ0) is 20.1. The second-order valence-electron chi connectivity index (χ2n) is 7.03. The van der Waals surface area contributed by atoms with Gasteiger partial charge in [0.25, 0.3) is 0 Å². The number of ketones is 1. The maximum Gasteiger partial charge on any atom is 0.193 e. The van der Waals surface area contributed by atoms with Crippen LogP contribution in [-0.4, -0.2) is 5.78 Å². The lowest BCUT2D eigenvalue weighted by atomic mass is 9.94. The fourth-order valence-electron chi connectivity index (χ4n) is 3.29. The molecule has 0 saturated heterocycles. The van der Waals surface area contributed by atoms with Crippen LogP contribution in [0.3, 0.4) is 0 Å². The van der Waals surface area contributed by atoms with Crippen LogP contribution in [0.2, 0.25) is 0 Å². The van der Waals surface area contributed by atoms with Crippen molar-refractivity contribution in [2.45, 2.75) is 13.5 Å². The Kier molecular flexibility index (Phi) is 5.53. The van der Waals surface area contributed by atoms with Crippen molar-refractivity contribution in [3.05, 3.63) is 125 Å². The highest BCUT2D eigenvalue weighted by Gasteiger charge is 2.15. The summed E-state index contributed by atoms with van der Waals surface area (Å²) in [6, 6.07) is 33.4. The molecule has 0 atom stereocenters. The number of ether oxygens (including phenoxy) is 1. The van der Waals surface area contributed by atoms with Crippen LogP contribution < -0.4 is 4.74 Å². The van der Waals surface area contributed by atoms with Crippen LogP contribution in [0.15, 0.2) is 103 Å². The van der Waals surface area contributed by atoms with Crippen molar-refractivity contribution in [1.82, 2.24) is 0 Å². The maximum atomic E-state index is 13.1. The van der Waals surface area contributed by atoms with Gasteiger partial charge in [-0.1, -0.05) is 90.5 Å². The second kappa shape index (κ2) is 8.57. The van der Waals surface area contributed by atoms with Crippen molar-refractivity contribution in [3.63, 3.8) is 0 Å². The Morgan fingerprint density at radius 2 is 1.38 bits per heavy atom. The average molecular weight is 378 g/mol. The van der Waals surface area contributed by atoms with Crippen molar-refractivity contribution >= 4 is 5.78 Å². The molecule has 4 aromatic carbocycles. The monoisotopic (exact) mass is 378 g/mol. The van der Waals surface area contributed by atoms with Crippen LogP contribution in [0.1, 0.15) is 27.0 Å². The van der Waals surface area contributed by atoms with Gasteiger partial charge < -0.3 is 4.74 Å². The Labute approximate surface area is 171 Å². The van der Waals surface area contributed by atoms with Crippen molar-refractivity contribution in [2.24, 2.45) is 0 Å². The fourth-order valence-corrected chi connectivity index (χ4v) is 3.29. The third-order valence-electron chi connectivity index (χ3n) is 4.91. The van der Waals surface area contributed by atoms with Gasteiger partial charge in [-0.2, -0.15) is 0 Å². The maximum absolute atomic E-state index is 13.1. The predicted molar refractivity (Wildman–Crippen MR) is 117 cm³/mol. The quantitative estimate of drug-likeness (QED) is 0.359. The zero-order valence-corrected chi connectivity index (χ0v) is 16.3. The lowest BCUT2D eigenvalue weighted by Crippen LogP contribution is -2.08. The van der Waals surface area contributed by atoms with Gasteiger partial charge in [0, 0.05) is 16.7 Å². The summed E-state index contributed by atoms with van der Waals surface area (Å²) in [6.07, 6.45) is 0. The molecule has 0 fully saturated rings. The van der Waals surface area contributed by atoms with Gasteiger partial charge in [-0.15, -0.1) is 0 Å². The summed E-state index contributed by atoms with van der Waals surface area (Å²) in [4.78, 5) is 13.1. The van der Waals surface area contributed by atoms with E-state index < -0.39 is 0 Å². The van der Waals surface area contributed by atoms with E-state index in [1.807, 2.05) is 91.9 Å². The summed E-state index contributed by atoms with van der Waals surface area (Å²) in [7, 11) is 0. The van der Waals surface area contributed by atoms with E-state index in [0.29, 0.717) is 17.7 Å². The van der Waals surface area contributed by atoms with E-state index in [1.54, 1.807) is 0 Å². The van der Waals surface area contributed by atoms with Gasteiger partial charge in [0.2, 0.25) is 0 Å². The Hall–Kier alpha value is -3.65. The molecule has 0 unspecified atom stereocenters. The van der Waals surface area contributed by atoms with Crippen LogP contribution in [0.5, 0.6) is 5.75 Å². The molecule has 142 valence electrons. The first-order chi connectivity index (χ1) is 14.2. The first-order valence-corrected chi connectivity index (χ1v) is 9.68. The molecule has 4 aromatic rings. The van der Waals surface area contributed by atoms with Gasteiger partial charge in [-0.3, -0.25) is 4.79 Å². The second-order valence-corrected chi connectivity index (χ2v) is 7.03. The summed E-state index contributed by atoms with van der Waals surface area (Å²) in [5, 5.41) is 0. The van der Waals surface area contributed by atoms with E-state index in [2.05, 4.69) is 18.2 Å². The van der Waals surface area contributed by atoms with Gasteiger partial charge in [0.15, 0.2) is 5.78 Å². The van der Waals surface area contributed by atoms with Crippen molar-refractivity contribution < 1.29 is 9.53 Å². The Bertz CT molecular complexity index is 1100. The van der Waals surface area contributed by atoms with Crippen LogP contribution in [0.25, 0.3) is 11.1 Å². The molecule has 0 radical (unpaired) electrons. The predicted octanol–water partition coefficient (Wildman–Crippen LogP) is 6.47. The molecule has 0 amide bonds. The molecule has 0 aliphatic heterocycles. The number of benzene rings is 4. The molecular formula is C27H22O2. The molecule has 0 N–H and O–H groups in total. The SMILES string of the molecule is Cc1ccc(OCc2cc(-c3ccccc3)ccc2C(=O)c2ccccc2)cc1. The minimum absolute atomic E-state index is 0.00715.